The van der Waals surface area contributed by atoms with E-state index in [1.807, 2.05) is 0 Å². The molecule has 0 saturated carbocycles. The third-order valence-electron chi connectivity index (χ3n) is 2.67. The second kappa shape index (κ2) is 5.84. The largest absolute Gasteiger partial charge is 0.573 e. The summed E-state index contributed by atoms with van der Waals surface area (Å²) in [6.45, 7) is 0. The maximum absolute atomic E-state index is 13.6. The molecule has 0 aliphatic rings. The highest BCUT2D eigenvalue weighted by Crippen LogP contribution is 2.29. The van der Waals surface area contributed by atoms with Gasteiger partial charge in [-0.3, -0.25) is 0 Å². The van der Waals surface area contributed by atoms with Crippen molar-refractivity contribution < 1.29 is 31.1 Å². The van der Waals surface area contributed by atoms with Gasteiger partial charge in [0.1, 0.15) is 11.5 Å². The summed E-state index contributed by atoms with van der Waals surface area (Å²) in [6.07, 6.45) is -5.05. The molecule has 3 nitrogen and oxygen atoms in total. The number of hydrogen-bond acceptors (Lipinski definition) is 3. The topological polar surface area (TPSA) is 48.1 Å². The van der Waals surface area contributed by atoms with Gasteiger partial charge < -0.3 is 10.5 Å². The lowest BCUT2D eigenvalue weighted by Crippen LogP contribution is -2.19. The molecular formula is C13H8F6N2O. The molecule has 1 aromatic carbocycles. The van der Waals surface area contributed by atoms with E-state index in [1.165, 1.54) is 0 Å². The van der Waals surface area contributed by atoms with Crippen molar-refractivity contribution >= 4 is 0 Å². The van der Waals surface area contributed by atoms with Crippen LogP contribution in [0.5, 0.6) is 5.75 Å². The summed E-state index contributed by atoms with van der Waals surface area (Å²) in [5.74, 6) is -4.33. The van der Waals surface area contributed by atoms with Crippen LogP contribution in [-0.4, -0.2) is 11.3 Å². The van der Waals surface area contributed by atoms with Crippen molar-refractivity contribution in [1.29, 1.82) is 0 Å². The molecule has 1 heterocycles. The van der Waals surface area contributed by atoms with Gasteiger partial charge >= 0.3 is 6.36 Å². The quantitative estimate of drug-likeness (QED) is 0.695. The van der Waals surface area contributed by atoms with Gasteiger partial charge in [0.25, 0.3) is 0 Å². The van der Waals surface area contributed by atoms with Crippen molar-refractivity contribution in [2.24, 2.45) is 5.73 Å². The van der Waals surface area contributed by atoms with Crippen LogP contribution >= 0.6 is 0 Å². The number of benzene rings is 1. The Balaban J connectivity index is 2.33. The van der Waals surface area contributed by atoms with Crippen LogP contribution in [0, 0.1) is 17.6 Å². The lowest BCUT2D eigenvalue weighted by Gasteiger charge is -2.14. The molecular weight excluding hydrogens is 314 g/mol. The Morgan fingerprint density at radius 3 is 2.27 bits per heavy atom. The average molecular weight is 322 g/mol. The number of halogens is 6. The molecule has 0 saturated heterocycles. The average Bonchev–Trinajstić information content (AvgIpc) is 2.41. The fraction of sp³-hybridized carbons (Fsp3) is 0.154. The predicted octanol–water partition coefficient (Wildman–Crippen LogP) is 3.45. The van der Waals surface area contributed by atoms with Crippen LogP contribution in [0.3, 0.4) is 0 Å². The van der Waals surface area contributed by atoms with E-state index >= 15 is 0 Å². The fourth-order valence-electron chi connectivity index (χ4n) is 1.73. The van der Waals surface area contributed by atoms with E-state index in [-0.39, 0.29) is 5.56 Å². The van der Waals surface area contributed by atoms with Crippen LogP contribution < -0.4 is 10.5 Å². The van der Waals surface area contributed by atoms with E-state index in [0.717, 1.165) is 18.2 Å². The summed E-state index contributed by atoms with van der Waals surface area (Å²) in [6, 6.07) is 2.53. The van der Waals surface area contributed by atoms with E-state index in [4.69, 9.17) is 5.73 Å². The second-order valence-corrected chi connectivity index (χ2v) is 4.22. The number of rotatable bonds is 3. The van der Waals surface area contributed by atoms with Gasteiger partial charge in [0.15, 0.2) is 11.6 Å². The third-order valence-corrected chi connectivity index (χ3v) is 2.67. The molecule has 0 fully saturated rings. The predicted molar refractivity (Wildman–Crippen MR) is 63.3 cm³/mol. The van der Waals surface area contributed by atoms with Crippen molar-refractivity contribution in [2.45, 2.75) is 12.4 Å². The molecule has 0 radical (unpaired) electrons. The highest BCUT2D eigenvalue weighted by molar-refractivity contribution is 5.34. The normalized spacial score (nSPS) is 13.0. The molecule has 1 unspecified atom stereocenters. The molecule has 22 heavy (non-hydrogen) atoms. The molecule has 0 spiro atoms. The summed E-state index contributed by atoms with van der Waals surface area (Å²) in [5.41, 5.74) is 5.04. The number of hydrogen-bond donors (Lipinski definition) is 1. The highest BCUT2D eigenvalue weighted by Gasteiger charge is 2.32. The molecule has 9 heteroatoms. The maximum Gasteiger partial charge on any atom is 0.573 e. The van der Waals surface area contributed by atoms with E-state index in [1.54, 1.807) is 0 Å². The zero-order chi connectivity index (χ0) is 16.5. The number of pyridine rings is 1. The lowest BCUT2D eigenvalue weighted by molar-refractivity contribution is -0.275. The number of alkyl halides is 3. The van der Waals surface area contributed by atoms with Crippen LogP contribution in [0.25, 0.3) is 0 Å². The SMILES string of the molecule is NC(c1ccc(OC(F)(F)F)c(F)c1)c1nc(F)ccc1F. The maximum atomic E-state index is 13.6. The first-order chi connectivity index (χ1) is 10.2. The van der Waals surface area contributed by atoms with Crippen molar-refractivity contribution in [3.63, 3.8) is 0 Å². The summed E-state index contributed by atoms with van der Waals surface area (Å²) in [4.78, 5) is 3.26. The van der Waals surface area contributed by atoms with Crippen LogP contribution in [0.15, 0.2) is 30.3 Å². The van der Waals surface area contributed by atoms with Gasteiger partial charge in [-0.1, -0.05) is 6.07 Å². The summed E-state index contributed by atoms with van der Waals surface area (Å²) >= 11 is 0. The van der Waals surface area contributed by atoms with E-state index in [0.29, 0.717) is 12.1 Å². The Kier molecular flexibility index (Phi) is 4.27. The minimum atomic E-state index is -5.05. The van der Waals surface area contributed by atoms with Crippen LogP contribution in [0.4, 0.5) is 26.3 Å². The molecule has 0 aliphatic heterocycles. The summed E-state index contributed by atoms with van der Waals surface area (Å²) in [5, 5.41) is 0. The van der Waals surface area contributed by atoms with Crippen LogP contribution in [0.1, 0.15) is 17.3 Å². The molecule has 0 aliphatic carbocycles. The van der Waals surface area contributed by atoms with Gasteiger partial charge in [0.05, 0.1) is 6.04 Å². The molecule has 1 aromatic heterocycles. The van der Waals surface area contributed by atoms with Gasteiger partial charge in [0, 0.05) is 0 Å². The van der Waals surface area contributed by atoms with Gasteiger partial charge in [0.2, 0.25) is 5.95 Å². The van der Waals surface area contributed by atoms with Crippen LogP contribution in [0.2, 0.25) is 0 Å². The molecule has 2 rings (SSSR count). The van der Waals surface area contributed by atoms with E-state index < -0.39 is 41.4 Å². The first kappa shape index (κ1) is 16.1. The third kappa shape index (κ3) is 3.67. The van der Waals surface area contributed by atoms with Gasteiger partial charge in [-0.05, 0) is 29.8 Å². The van der Waals surface area contributed by atoms with E-state index in [9.17, 15) is 26.3 Å². The molecule has 1 atom stereocenters. The number of nitrogens with zero attached hydrogens (tertiary/aromatic N) is 1. The van der Waals surface area contributed by atoms with Gasteiger partial charge in [-0.25, -0.2) is 13.8 Å². The van der Waals surface area contributed by atoms with E-state index in [2.05, 4.69) is 9.72 Å². The zero-order valence-electron chi connectivity index (χ0n) is 10.7. The minimum Gasteiger partial charge on any atom is -0.403 e. The molecule has 0 amide bonds. The Bertz CT molecular complexity index is 689. The highest BCUT2D eigenvalue weighted by atomic mass is 19.4. The fourth-order valence-corrected chi connectivity index (χ4v) is 1.73. The van der Waals surface area contributed by atoms with Crippen molar-refractivity contribution in [3.05, 3.63) is 59.2 Å². The minimum absolute atomic E-state index is 0.0935. The van der Waals surface area contributed by atoms with Gasteiger partial charge in [-0.2, -0.15) is 4.39 Å². The molecule has 118 valence electrons. The Morgan fingerprint density at radius 1 is 1.00 bits per heavy atom. The van der Waals surface area contributed by atoms with Gasteiger partial charge in [-0.15, -0.1) is 13.2 Å². The lowest BCUT2D eigenvalue weighted by atomic mass is 10.0. The summed E-state index contributed by atoms with van der Waals surface area (Å²) in [7, 11) is 0. The molecule has 2 aromatic rings. The first-order valence-electron chi connectivity index (χ1n) is 5.80. The van der Waals surface area contributed by atoms with Crippen molar-refractivity contribution in [2.75, 3.05) is 0 Å². The van der Waals surface area contributed by atoms with Crippen molar-refractivity contribution in [3.8, 4) is 5.75 Å². The smallest absolute Gasteiger partial charge is 0.403 e. The second-order valence-electron chi connectivity index (χ2n) is 4.22. The Labute approximate surface area is 120 Å². The summed E-state index contributed by atoms with van der Waals surface area (Å²) < 4.78 is 79.6. The Morgan fingerprint density at radius 2 is 1.68 bits per heavy atom. The first-order valence-corrected chi connectivity index (χ1v) is 5.80. The Hall–Kier alpha value is -2.29. The number of ether oxygens (including phenoxy) is 1. The standard InChI is InChI=1S/C13H8F6N2O/c14-7-2-4-10(16)21-12(7)11(20)6-1-3-9(8(15)5-6)22-13(17,18)19/h1-5,11H,20H2. The van der Waals surface area contributed by atoms with Crippen LogP contribution in [-0.2, 0) is 0 Å². The van der Waals surface area contributed by atoms with Crippen molar-refractivity contribution in [1.82, 2.24) is 4.98 Å². The monoisotopic (exact) mass is 322 g/mol. The zero-order valence-corrected chi connectivity index (χ0v) is 10.7. The molecule has 2 N–H and O–H groups in total. The number of nitrogens with two attached hydrogens (primary N) is 1. The number of aromatic nitrogens is 1. The molecule has 0 bridgehead atoms.